The topological polar surface area (TPSA) is 83.5 Å². The maximum atomic E-state index is 12.5. The number of carboxylic acids is 1. The van der Waals surface area contributed by atoms with Crippen LogP contribution in [-0.4, -0.2) is 29.3 Å². The molecule has 0 spiro atoms. The number of carbonyl (C=O) groups is 3. The third kappa shape index (κ3) is 5.20. The molecule has 0 aliphatic carbocycles. The van der Waals surface area contributed by atoms with Crippen molar-refractivity contribution in [2.75, 3.05) is 0 Å². The van der Waals surface area contributed by atoms with Crippen molar-refractivity contribution < 1.29 is 19.5 Å². The van der Waals surface area contributed by atoms with Crippen molar-refractivity contribution in [2.45, 2.75) is 24.8 Å². The third-order valence-electron chi connectivity index (χ3n) is 4.95. The zero-order valence-electron chi connectivity index (χ0n) is 16.4. The van der Waals surface area contributed by atoms with Crippen LogP contribution >= 0.6 is 0 Å². The predicted octanol–water partition coefficient (Wildman–Crippen LogP) is 4.03. The molecule has 1 atom stereocenters. The highest BCUT2D eigenvalue weighted by Gasteiger charge is 2.21. The molecule has 2 N–H and O–H groups in total. The van der Waals surface area contributed by atoms with E-state index in [0.717, 1.165) is 16.7 Å². The summed E-state index contributed by atoms with van der Waals surface area (Å²) in [6.45, 7) is 0. The van der Waals surface area contributed by atoms with Crippen LogP contribution < -0.4 is 5.32 Å². The molecule has 5 heteroatoms. The van der Waals surface area contributed by atoms with E-state index >= 15 is 0 Å². The van der Waals surface area contributed by atoms with Gasteiger partial charge in [0.2, 0.25) is 0 Å². The standard InChI is InChI=1S/C25H23NO4/c27-17-7-12-22(25(29)30)26-24(28)21-15-13-20(14-16-21)23(18-8-3-1-4-9-18)19-10-5-2-6-11-19/h1-6,8-11,13-17,22-23H,7,12H2,(H,26,28)(H,29,30). The van der Waals surface area contributed by atoms with Crippen molar-refractivity contribution in [3.8, 4) is 0 Å². The molecule has 0 aliphatic rings. The van der Waals surface area contributed by atoms with E-state index in [2.05, 4.69) is 29.6 Å². The molecule has 3 aromatic rings. The number of carbonyl (C=O) groups excluding carboxylic acids is 2. The molecular weight excluding hydrogens is 378 g/mol. The first-order chi connectivity index (χ1) is 14.6. The Balaban J connectivity index is 1.84. The van der Waals surface area contributed by atoms with Crippen molar-refractivity contribution >= 4 is 18.2 Å². The van der Waals surface area contributed by atoms with Crippen LogP contribution in [0.25, 0.3) is 0 Å². The van der Waals surface area contributed by atoms with Gasteiger partial charge < -0.3 is 15.2 Å². The SMILES string of the molecule is O=CCCC(NC(=O)c1ccc(C(c2ccccc2)c2ccccc2)cc1)C(=O)O. The average molecular weight is 401 g/mol. The summed E-state index contributed by atoms with van der Waals surface area (Å²) in [5.41, 5.74) is 3.68. The number of aliphatic carboxylic acids is 1. The van der Waals surface area contributed by atoms with Gasteiger partial charge in [0.25, 0.3) is 5.91 Å². The molecule has 0 heterocycles. The fourth-order valence-electron chi connectivity index (χ4n) is 3.43. The van der Waals surface area contributed by atoms with E-state index in [1.54, 1.807) is 12.1 Å². The first-order valence-corrected chi connectivity index (χ1v) is 9.77. The van der Waals surface area contributed by atoms with Crippen LogP contribution in [-0.2, 0) is 9.59 Å². The lowest BCUT2D eigenvalue weighted by Gasteiger charge is -2.19. The van der Waals surface area contributed by atoms with Gasteiger partial charge in [-0.05, 0) is 35.2 Å². The van der Waals surface area contributed by atoms with Crippen molar-refractivity contribution in [2.24, 2.45) is 0 Å². The number of benzene rings is 3. The Kier molecular flexibility index (Phi) is 7.11. The summed E-state index contributed by atoms with van der Waals surface area (Å²) in [6.07, 6.45) is 0.781. The average Bonchev–Trinajstić information content (AvgIpc) is 2.78. The van der Waals surface area contributed by atoms with E-state index in [9.17, 15) is 19.5 Å². The van der Waals surface area contributed by atoms with E-state index in [1.165, 1.54) is 0 Å². The normalized spacial score (nSPS) is 11.6. The number of hydrogen-bond acceptors (Lipinski definition) is 3. The largest absolute Gasteiger partial charge is 0.480 e. The van der Waals surface area contributed by atoms with E-state index in [1.807, 2.05) is 48.5 Å². The molecule has 3 aromatic carbocycles. The summed E-state index contributed by atoms with van der Waals surface area (Å²) in [6, 6.07) is 26.3. The number of amides is 1. The first kappa shape index (κ1) is 21.0. The number of rotatable bonds is 9. The van der Waals surface area contributed by atoms with Crippen LogP contribution in [0.3, 0.4) is 0 Å². The van der Waals surface area contributed by atoms with Crippen LogP contribution in [0.15, 0.2) is 84.9 Å². The molecule has 0 bridgehead atoms. The fourth-order valence-corrected chi connectivity index (χ4v) is 3.43. The summed E-state index contributed by atoms with van der Waals surface area (Å²) in [4.78, 5) is 34.3. The Morgan fingerprint density at radius 3 is 1.77 bits per heavy atom. The predicted molar refractivity (Wildman–Crippen MR) is 114 cm³/mol. The van der Waals surface area contributed by atoms with Gasteiger partial charge in [-0.1, -0.05) is 72.8 Å². The molecule has 0 fully saturated rings. The van der Waals surface area contributed by atoms with Crippen LogP contribution in [0.5, 0.6) is 0 Å². The van der Waals surface area contributed by atoms with E-state index in [4.69, 9.17) is 0 Å². The molecule has 152 valence electrons. The van der Waals surface area contributed by atoms with Gasteiger partial charge in [-0.3, -0.25) is 4.79 Å². The highest BCUT2D eigenvalue weighted by atomic mass is 16.4. The van der Waals surface area contributed by atoms with Gasteiger partial charge in [0.15, 0.2) is 0 Å². The quantitative estimate of drug-likeness (QED) is 0.419. The second-order valence-corrected chi connectivity index (χ2v) is 6.98. The zero-order valence-corrected chi connectivity index (χ0v) is 16.4. The lowest BCUT2D eigenvalue weighted by Crippen LogP contribution is -2.40. The minimum Gasteiger partial charge on any atom is -0.480 e. The van der Waals surface area contributed by atoms with Gasteiger partial charge in [0.05, 0.1) is 0 Å². The molecule has 0 radical (unpaired) electrons. The number of carboxylic acid groups (broad SMARTS) is 1. The van der Waals surface area contributed by atoms with Crippen LogP contribution in [0.2, 0.25) is 0 Å². The molecule has 1 amide bonds. The lowest BCUT2D eigenvalue weighted by atomic mass is 9.85. The van der Waals surface area contributed by atoms with Crippen LogP contribution in [0, 0.1) is 0 Å². The summed E-state index contributed by atoms with van der Waals surface area (Å²) in [7, 11) is 0. The van der Waals surface area contributed by atoms with Gasteiger partial charge in [0.1, 0.15) is 12.3 Å². The molecular formula is C25H23NO4. The van der Waals surface area contributed by atoms with Gasteiger partial charge >= 0.3 is 5.97 Å². The molecule has 0 saturated carbocycles. The monoisotopic (exact) mass is 401 g/mol. The number of nitrogens with one attached hydrogen (secondary N) is 1. The summed E-state index contributed by atoms with van der Waals surface area (Å²) < 4.78 is 0. The van der Waals surface area contributed by atoms with Crippen molar-refractivity contribution in [1.82, 2.24) is 5.32 Å². The summed E-state index contributed by atoms with van der Waals surface area (Å²) in [5, 5.41) is 11.7. The van der Waals surface area contributed by atoms with Crippen molar-refractivity contribution in [1.29, 1.82) is 0 Å². The number of hydrogen-bond donors (Lipinski definition) is 2. The van der Waals surface area contributed by atoms with E-state index in [0.29, 0.717) is 11.8 Å². The summed E-state index contributed by atoms with van der Waals surface area (Å²) in [5.74, 6) is -1.62. The Hall–Kier alpha value is -3.73. The molecule has 5 nitrogen and oxygen atoms in total. The Bertz CT molecular complexity index is 945. The van der Waals surface area contributed by atoms with Crippen LogP contribution in [0.1, 0.15) is 45.8 Å². The van der Waals surface area contributed by atoms with Gasteiger partial charge in [-0.15, -0.1) is 0 Å². The maximum Gasteiger partial charge on any atom is 0.326 e. The van der Waals surface area contributed by atoms with Crippen molar-refractivity contribution in [3.05, 3.63) is 107 Å². The molecule has 1 unspecified atom stereocenters. The molecule has 0 saturated heterocycles. The highest BCUT2D eigenvalue weighted by Crippen LogP contribution is 2.31. The molecule has 0 aliphatic heterocycles. The van der Waals surface area contributed by atoms with Gasteiger partial charge in [0, 0.05) is 17.9 Å². The van der Waals surface area contributed by atoms with Crippen molar-refractivity contribution in [3.63, 3.8) is 0 Å². The van der Waals surface area contributed by atoms with Crippen LogP contribution in [0.4, 0.5) is 0 Å². The highest BCUT2D eigenvalue weighted by molar-refractivity contribution is 5.96. The fraction of sp³-hybridized carbons (Fsp3) is 0.160. The molecule has 30 heavy (non-hydrogen) atoms. The maximum absolute atomic E-state index is 12.5. The minimum absolute atomic E-state index is 0.0175. The zero-order chi connectivity index (χ0) is 21.3. The molecule has 0 aromatic heterocycles. The second-order valence-electron chi connectivity index (χ2n) is 6.98. The Labute approximate surface area is 175 Å². The lowest BCUT2D eigenvalue weighted by molar-refractivity contribution is -0.139. The van der Waals surface area contributed by atoms with E-state index < -0.39 is 17.9 Å². The molecule has 3 rings (SSSR count). The first-order valence-electron chi connectivity index (χ1n) is 9.77. The van der Waals surface area contributed by atoms with E-state index in [-0.39, 0.29) is 18.8 Å². The second kappa shape index (κ2) is 10.2. The summed E-state index contributed by atoms with van der Waals surface area (Å²) >= 11 is 0. The Morgan fingerprint density at radius 2 is 1.30 bits per heavy atom. The number of aldehydes is 1. The third-order valence-corrected chi connectivity index (χ3v) is 4.95. The van der Waals surface area contributed by atoms with Gasteiger partial charge in [-0.2, -0.15) is 0 Å². The van der Waals surface area contributed by atoms with Gasteiger partial charge in [-0.25, -0.2) is 4.79 Å². The smallest absolute Gasteiger partial charge is 0.326 e. The minimum atomic E-state index is -1.16. The Morgan fingerprint density at radius 1 is 0.800 bits per heavy atom.